The Bertz CT molecular complexity index is 688. The molecule has 2 aliphatic carbocycles. The van der Waals surface area contributed by atoms with E-state index in [9.17, 15) is 14.7 Å². The van der Waals surface area contributed by atoms with Gasteiger partial charge < -0.3 is 15.2 Å². The van der Waals surface area contributed by atoms with Crippen LogP contribution in [0.25, 0.3) is 0 Å². The third-order valence-corrected chi connectivity index (χ3v) is 6.39. The SMILES string of the molecule is COc1ccc(C2(C(=O)NC3(CC(=O)O)CCCCC3)CC2(C)C)cc1. The van der Waals surface area contributed by atoms with Crippen LogP contribution in [0.2, 0.25) is 0 Å². The minimum Gasteiger partial charge on any atom is -0.497 e. The highest BCUT2D eigenvalue weighted by atomic mass is 16.5. The molecule has 2 N–H and O–H groups in total. The van der Waals surface area contributed by atoms with E-state index in [-0.39, 0.29) is 17.7 Å². The van der Waals surface area contributed by atoms with Gasteiger partial charge in [0.1, 0.15) is 5.75 Å². The Kier molecular flexibility index (Phi) is 4.76. The molecule has 1 aromatic carbocycles. The van der Waals surface area contributed by atoms with Crippen LogP contribution in [0.15, 0.2) is 24.3 Å². The van der Waals surface area contributed by atoms with Gasteiger partial charge in [-0.3, -0.25) is 9.59 Å². The van der Waals surface area contributed by atoms with Gasteiger partial charge >= 0.3 is 5.97 Å². The fourth-order valence-corrected chi connectivity index (χ4v) is 4.72. The molecular formula is C21H29NO4. The molecule has 1 amide bonds. The molecule has 1 aromatic rings. The number of carbonyl (C=O) groups is 2. The molecule has 2 fully saturated rings. The van der Waals surface area contributed by atoms with Crippen molar-refractivity contribution in [1.82, 2.24) is 5.32 Å². The number of ether oxygens (including phenoxy) is 1. The molecule has 0 saturated heterocycles. The van der Waals surface area contributed by atoms with E-state index >= 15 is 0 Å². The molecule has 26 heavy (non-hydrogen) atoms. The van der Waals surface area contributed by atoms with Gasteiger partial charge in [-0.15, -0.1) is 0 Å². The first-order valence-electron chi connectivity index (χ1n) is 9.44. The van der Waals surface area contributed by atoms with Crippen molar-refractivity contribution in [1.29, 1.82) is 0 Å². The largest absolute Gasteiger partial charge is 0.497 e. The fraction of sp³-hybridized carbons (Fsp3) is 0.619. The average Bonchev–Trinajstić information content (AvgIpc) is 3.19. The molecule has 5 heteroatoms. The highest BCUT2D eigenvalue weighted by Gasteiger charge is 2.67. The van der Waals surface area contributed by atoms with E-state index in [1.807, 2.05) is 24.3 Å². The summed E-state index contributed by atoms with van der Waals surface area (Å²) in [5.74, 6) is -0.117. The minimum absolute atomic E-state index is 0.00212. The van der Waals surface area contributed by atoms with Crippen LogP contribution in [0.4, 0.5) is 0 Å². The van der Waals surface area contributed by atoms with E-state index in [1.54, 1.807) is 7.11 Å². The van der Waals surface area contributed by atoms with Gasteiger partial charge in [-0.05, 0) is 42.4 Å². The zero-order valence-corrected chi connectivity index (χ0v) is 15.9. The second kappa shape index (κ2) is 6.60. The first-order chi connectivity index (χ1) is 12.2. The van der Waals surface area contributed by atoms with Crippen molar-refractivity contribution >= 4 is 11.9 Å². The maximum absolute atomic E-state index is 13.4. The number of carboxylic acids is 1. The molecule has 3 rings (SSSR count). The Balaban J connectivity index is 1.88. The Morgan fingerprint density at radius 1 is 1.12 bits per heavy atom. The first kappa shape index (κ1) is 18.7. The van der Waals surface area contributed by atoms with Gasteiger partial charge in [-0.25, -0.2) is 0 Å². The smallest absolute Gasteiger partial charge is 0.305 e. The Hall–Kier alpha value is -2.04. The van der Waals surface area contributed by atoms with Gasteiger partial charge in [0.05, 0.1) is 24.5 Å². The Labute approximate surface area is 155 Å². The summed E-state index contributed by atoms with van der Waals surface area (Å²) in [5, 5.41) is 12.6. The molecule has 5 nitrogen and oxygen atoms in total. The van der Waals surface area contributed by atoms with Crippen LogP contribution in [-0.2, 0) is 15.0 Å². The average molecular weight is 359 g/mol. The summed E-state index contributed by atoms with van der Waals surface area (Å²) >= 11 is 0. The number of nitrogens with one attached hydrogen (secondary N) is 1. The predicted octanol–water partition coefficient (Wildman–Crippen LogP) is 3.66. The van der Waals surface area contributed by atoms with E-state index in [4.69, 9.17) is 4.74 Å². The fourth-order valence-electron chi connectivity index (χ4n) is 4.72. The van der Waals surface area contributed by atoms with E-state index in [1.165, 1.54) is 0 Å². The summed E-state index contributed by atoms with van der Waals surface area (Å²) in [6, 6.07) is 7.68. The van der Waals surface area contributed by atoms with Crippen LogP contribution in [0, 0.1) is 5.41 Å². The summed E-state index contributed by atoms with van der Waals surface area (Å²) < 4.78 is 5.23. The van der Waals surface area contributed by atoms with Crippen molar-refractivity contribution in [3.63, 3.8) is 0 Å². The number of hydrogen-bond donors (Lipinski definition) is 2. The standard InChI is InChI=1S/C21H29NO4/c1-19(2)14-21(19,15-7-9-16(26-3)10-8-15)18(25)22-20(13-17(23)24)11-5-4-6-12-20/h7-10H,4-6,11-14H2,1-3H3,(H,22,25)(H,23,24). The molecule has 2 saturated carbocycles. The molecule has 2 aliphatic rings. The van der Waals surface area contributed by atoms with Gasteiger partial charge in [0.25, 0.3) is 0 Å². The molecule has 0 heterocycles. The van der Waals surface area contributed by atoms with E-state index < -0.39 is 16.9 Å². The normalized spacial score (nSPS) is 26.0. The first-order valence-corrected chi connectivity index (χ1v) is 9.44. The zero-order chi connectivity index (χ0) is 19.0. The molecule has 0 spiro atoms. The molecule has 0 aromatic heterocycles. The van der Waals surface area contributed by atoms with Gasteiger partial charge in [-0.1, -0.05) is 45.2 Å². The van der Waals surface area contributed by atoms with Crippen molar-refractivity contribution in [3.8, 4) is 5.75 Å². The van der Waals surface area contributed by atoms with E-state index in [0.717, 1.165) is 49.8 Å². The summed E-state index contributed by atoms with van der Waals surface area (Å²) in [4.78, 5) is 24.8. The number of rotatable bonds is 6. The third-order valence-electron chi connectivity index (χ3n) is 6.39. The van der Waals surface area contributed by atoms with Gasteiger partial charge in [0.2, 0.25) is 5.91 Å². The van der Waals surface area contributed by atoms with Crippen LogP contribution >= 0.6 is 0 Å². The number of carbonyl (C=O) groups excluding carboxylic acids is 1. The molecule has 0 aliphatic heterocycles. The molecule has 142 valence electrons. The van der Waals surface area contributed by atoms with Crippen LogP contribution in [0.5, 0.6) is 5.75 Å². The second-order valence-electron chi connectivity index (χ2n) is 8.56. The summed E-state index contributed by atoms with van der Waals surface area (Å²) in [7, 11) is 1.62. The van der Waals surface area contributed by atoms with Crippen molar-refractivity contribution in [2.45, 2.75) is 69.7 Å². The summed E-state index contributed by atoms with van der Waals surface area (Å²) in [5.41, 5.74) is -0.381. The second-order valence-corrected chi connectivity index (χ2v) is 8.56. The maximum Gasteiger partial charge on any atom is 0.305 e. The van der Waals surface area contributed by atoms with Crippen molar-refractivity contribution in [3.05, 3.63) is 29.8 Å². The zero-order valence-electron chi connectivity index (χ0n) is 15.9. The molecule has 0 radical (unpaired) electrons. The molecular weight excluding hydrogens is 330 g/mol. The van der Waals surface area contributed by atoms with Crippen LogP contribution in [0.3, 0.4) is 0 Å². The molecule has 1 atom stereocenters. The number of aliphatic carboxylic acids is 1. The predicted molar refractivity (Wildman–Crippen MR) is 99.3 cm³/mol. The van der Waals surface area contributed by atoms with E-state index in [2.05, 4.69) is 19.2 Å². The van der Waals surface area contributed by atoms with Gasteiger partial charge in [0.15, 0.2) is 0 Å². The highest BCUT2D eigenvalue weighted by Crippen LogP contribution is 2.64. The summed E-state index contributed by atoms with van der Waals surface area (Å²) in [6.07, 6.45) is 5.28. The monoisotopic (exact) mass is 359 g/mol. The maximum atomic E-state index is 13.4. The number of amides is 1. The number of benzene rings is 1. The lowest BCUT2D eigenvalue weighted by molar-refractivity contribution is -0.140. The number of carboxylic acid groups (broad SMARTS) is 1. The third kappa shape index (κ3) is 3.19. The van der Waals surface area contributed by atoms with Crippen LogP contribution in [0.1, 0.15) is 64.4 Å². The van der Waals surface area contributed by atoms with Crippen LogP contribution in [-0.4, -0.2) is 29.6 Å². The number of methoxy groups -OCH3 is 1. The van der Waals surface area contributed by atoms with Gasteiger partial charge in [0, 0.05) is 0 Å². The van der Waals surface area contributed by atoms with Crippen molar-refractivity contribution < 1.29 is 19.4 Å². The lowest BCUT2D eigenvalue weighted by Gasteiger charge is -2.38. The van der Waals surface area contributed by atoms with Gasteiger partial charge in [-0.2, -0.15) is 0 Å². The highest BCUT2D eigenvalue weighted by molar-refractivity contribution is 5.94. The number of hydrogen-bond acceptors (Lipinski definition) is 3. The van der Waals surface area contributed by atoms with Crippen molar-refractivity contribution in [2.75, 3.05) is 7.11 Å². The van der Waals surface area contributed by atoms with Crippen molar-refractivity contribution in [2.24, 2.45) is 5.41 Å². The van der Waals surface area contributed by atoms with Crippen LogP contribution < -0.4 is 10.1 Å². The molecule has 1 unspecified atom stereocenters. The lowest BCUT2D eigenvalue weighted by atomic mass is 9.77. The Morgan fingerprint density at radius 3 is 2.15 bits per heavy atom. The topological polar surface area (TPSA) is 75.6 Å². The minimum atomic E-state index is -0.847. The molecule has 0 bridgehead atoms. The lowest BCUT2D eigenvalue weighted by Crippen LogP contribution is -2.54. The quantitative estimate of drug-likeness (QED) is 0.813. The van der Waals surface area contributed by atoms with E-state index in [0.29, 0.717) is 0 Å². The Morgan fingerprint density at radius 2 is 1.69 bits per heavy atom. The summed E-state index contributed by atoms with van der Waals surface area (Å²) in [6.45, 7) is 4.20.